The van der Waals surface area contributed by atoms with Crippen molar-refractivity contribution in [2.75, 3.05) is 32.7 Å². The molecule has 1 atom stereocenters. The van der Waals surface area contributed by atoms with Gasteiger partial charge in [-0.1, -0.05) is 24.8 Å². The number of hydrogen-bond acceptors (Lipinski definition) is 5. The molecule has 2 heterocycles. The molecule has 0 unspecified atom stereocenters. The lowest BCUT2D eigenvalue weighted by atomic mass is 9.99. The van der Waals surface area contributed by atoms with Gasteiger partial charge in [0, 0.05) is 32.6 Å². The molecule has 0 bridgehead atoms. The molecule has 0 aliphatic carbocycles. The first-order valence-electron chi connectivity index (χ1n) is 13.4. The molecule has 208 valence electrons. The van der Waals surface area contributed by atoms with Crippen LogP contribution in [0.2, 0.25) is 0 Å². The van der Waals surface area contributed by atoms with Crippen molar-refractivity contribution in [1.29, 1.82) is 0 Å². The van der Waals surface area contributed by atoms with E-state index in [0.717, 1.165) is 22.4 Å². The molecule has 7 nitrogen and oxygen atoms in total. The van der Waals surface area contributed by atoms with Gasteiger partial charge in [-0.05, 0) is 74.6 Å². The van der Waals surface area contributed by atoms with Crippen LogP contribution in [0.25, 0.3) is 0 Å². The van der Waals surface area contributed by atoms with Gasteiger partial charge in [0.1, 0.15) is 23.3 Å². The van der Waals surface area contributed by atoms with Crippen LogP contribution in [-0.2, 0) is 22.5 Å². The van der Waals surface area contributed by atoms with Crippen LogP contribution in [-0.4, -0.2) is 70.4 Å². The van der Waals surface area contributed by atoms with E-state index in [0.29, 0.717) is 57.0 Å². The summed E-state index contributed by atoms with van der Waals surface area (Å²) in [6.07, 6.45) is 1.32. The minimum absolute atomic E-state index is 0.0974. The van der Waals surface area contributed by atoms with E-state index >= 15 is 0 Å². The molecular formula is C31H39FN3O4+. The highest BCUT2D eigenvalue weighted by Gasteiger charge is 2.30. The summed E-state index contributed by atoms with van der Waals surface area (Å²) in [7, 11) is 0. The molecule has 2 aromatic rings. The molecule has 0 radical (unpaired) electrons. The molecule has 0 saturated heterocycles. The van der Waals surface area contributed by atoms with Crippen molar-refractivity contribution in [3.8, 4) is 5.75 Å². The monoisotopic (exact) mass is 536 g/mol. The van der Waals surface area contributed by atoms with Crippen molar-refractivity contribution in [1.82, 2.24) is 9.80 Å². The van der Waals surface area contributed by atoms with Gasteiger partial charge in [-0.2, -0.15) is 4.58 Å². The lowest BCUT2D eigenvalue weighted by Gasteiger charge is -2.32. The quantitative estimate of drug-likeness (QED) is 0.382. The lowest BCUT2D eigenvalue weighted by molar-refractivity contribution is -0.451. The summed E-state index contributed by atoms with van der Waals surface area (Å²) >= 11 is 0. The third-order valence-electron chi connectivity index (χ3n) is 7.11. The first-order chi connectivity index (χ1) is 18.4. The van der Waals surface area contributed by atoms with E-state index < -0.39 is 11.7 Å². The third-order valence-corrected chi connectivity index (χ3v) is 7.11. The number of aryl methyl sites for hydroxylation is 1. The first-order valence-corrected chi connectivity index (χ1v) is 13.4. The SMILES string of the molecule is C=CC(=O)[N+]1=C(C)CN(C[C@H](Oc2ccc3c(c2)CCN(C(=O)OC(C)(C)C)C3)c2ccc(C)c(F)c2)CC1. The van der Waals surface area contributed by atoms with Gasteiger partial charge in [0.2, 0.25) is 0 Å². The zero-order chi connectivity index (χ0) is 28.3. The number of rotatable bonds is 6. The highest BCUT2D eigenvalue weighted by molar-refractivity contribution is 5.89. The zero-order valence-electron chi connectivity index (χ0n) is 23.6. The maximum atomic E-state index is 14.6. The predicted octanol–water partition coefficient (Wildman–Crippen LogP) is 5.05. The van der Waals surface area contributed by atoms with Gasteiger partial charge < -0.3 is 14.4 Å². The minimum Gasteiger partial charge on any atom is -0.484 e. The fourth-order valence-electron chi connectivity index (χ4n) is 4.99. The van der Waals surface area contributed by atoms with E-state index in [9.17, 15) is 14.0 Å². The number of fused-ring (bicyclic) bond motifs is 1. The first kappa shape index (κ1) is 28.5. The Labute approximate surface area is 230 Å². The average Bonchev–Trinajstić information content (AvgIpc) is 2.88. The molecule has 0 spiro atoms. The topological polar surface area (TPSA) is 62.1 Å². The highest BCUT2D eigenvalue weighted by Crippen LogP contribution is 2.29. The molecule has 2 aromatic carbocycles. The van der Waals surface area contributed by atoms with Crippen molar-refractivity contribution in [2.45, 2.75) is 59.3 Å². The normalized spacial score (nSPS) is 16.9. The van der Waals surface area contributed by atoms with Crippen LogP contribution in [0.4, 0.5) is 9.18 Å². The Balaban J connectivity index is 1.52. The van der Waals surface area contributed by atoms with Gasteiger partial charge in [-0.15, -0.1) is 0 Å². The molecule has 8 heteroatoms. The van der Waals surface area contributed by atoms with Crippen LogP contribution in [0.1, 0.15) is 56.1 Å². The molecular weight excluding hydrogens is 497 g/mol. The summed E-state index contributed by atoms with van der Waals surface area (Å²) in [5.74, 6) is 0.337. The van der Waals surface area contributed by atoms with Crippen molar-refractivity contribution in [3.05, 3.63) is 77.1 Å². The molecule has 0 saturated carbocycles. The molecule has 2 amide bonds. The molecule has 4 rings (SSSR count). The Morgan fingerprint density at radius 1 is 1.10 bits per heavy atom. The number of ether oxygens (including phenoxy) is 2. The molecule has 2 aliphatic rings. The van der Waals surface area contributed by atoms with Crippen molar-refractivity contribution >= 4 is 17.7 Å². The highest BCUT2D eigenvalue weighted by atomic mass is 19.1. The van der Waals surface area contributed by atoms with Gasteiger partial charge in [0.15, 0.2) is 12.3 Å². The summed E-state index contributed by atoms with van der Waals surface area (Å²) in [5.41, 5.74) is 3.94. The Hall–Kier alpha value is -3.52. The second kappa shape index (κ2) is 11.7. The van der Waals surface area contributed by atoms with Crippen molar-refractivity contribution in [2.24, 2.45) is 0 Å². The Bertz CT molecular complexity index is 1300. The summed E-state index contributed by atoms with van der Waals surface area (Å²) in [4.78, 5) is 28.6. The molecule has 2 aliphatic heterocycles. The van der Waals surface area contributed by atoms with E-state index in [1.807, 2.05) is 52.0 Å². The maximum Gasteiger partial charge on any atom is 0.411 e. The number of nitrogens with zero attached hydrogens (tertiary/aromatic N) is 3. The van der Waals surface area contributed by atoms with Crippen LogP contribution in [0, 0.1) is 12.7 Å². The number of halogens is 1. The Kier molecular flexibility index (Phi) is 8.54. The van der Waals surface area contributed by atoms with Crippen LogP contribution in [0.15, 0.2) is 49.1 Å². The van der Waals surface area contributed by atoms with Crippen LogP contribution in [0.5, 0.6) is 5.75 Å². The lowest BCUT2D eigenvalue weighted by Crippen LogP contribution is -2.47. The number of carbonyl (C=O) groups excluding carboxylic acids is 2. The smallest absolute Gasteiger partial charge is 0.411 e. The summed E-state index contributed by atoms with van der Waals surface area (Å²) in [5, 5.41) is 0. The summed E-state index contributed by atoms with van der Waals surface area (Å²) in [6.45, 7) is 16.3. The summed E-state index contributed by atoms with van der Waals surface area (Å²) in [6, 6.07) is 11.2. The average molecular weight is 537 g/mol. The van der Waals surface area contributed by atoms with Gasteiger partial charge >= 0.3 is 12.0 Å². The van der Waals surface area contributed by atoms with Gasteiger partial charge in [0.25, 0.3) is 0 Å². The van der Waals surface area contributed by atoms with E-state index in [1.165, 1.54) is 6.08 Å². The summed E-state index contributed by atoms with van der Waals surface area (Å²) < 4.78 is 28.4. The predicted molar refractivity (Wildman–Crippen MR) is 149 cm³/mol. The second-order valence-corrected chi connectivity index (χ2v) is 11.4. The third kappa shape index (κ3) is 7.12. The van der Waals surface area contributed by atoms with Crippen LogP contribution >= 0.6 is 0 Å². The van der Waals surface area contributed by atoms with E-state index in [1.54, 1.807) is 28.5 Å². The number of carbonyl (C=O) groups is 2. The van der Waals surface area contributed by atoms with Crippen molar-refractivity contribution < 1.29 is 28.0 Å². The van der Waals surface area contributed by atoms with Gasteiger partial charge in [-0.25, -0.2) is 14.0 Å². The molecule has 0 aromatic heterocycles. The number of benzene rings is 2. The Morgan fingerprint density at radius 2 is 1.87 bits per heavy atom. The van der Waals surface area contributed by atoms with Gasteiger partial charge in [0.05, 0.1) is 13.1 Å². The largest absolute Gasteiger partial charge is 0.484 e. The number of hydrogen-bond donors (Lipinski definition) is 0. The van der Waals surface area contributed by atoms with Crippen molar-refractivity contribution in [3.63, 3.8) is 0 Å². The fraction of sp³-hybridized carbons (Fsp3) is 0.452. The van der Waals surface area contributed by atoms with Gasteiger partial charge in [-0.3, -0.25) is 4.90 Å². The number of amides is 2. The van der Waals surface area contributed by atoms with E-state index in [2.05, 4.69) is 11.5 Å². The van der Waals surface area contributed by atoms with E-state index in [4.69, 9.17) is 9.47 Å². The maximum absolute atomic E-state index is 14.6. The molecule has 39 heavy (non-hydrogen) atoms. The molecule has 0 N–H and O–H groups in total. The van der Waals surface area contributed by atoms with E-state index in [-0.39, 0.29) is 17.8 Å². The standard InChI is InChI=1S/C31H39FN3O4/c1-7-29(36)35-15-14-33(18-22(35)3)20-28(24-9-8-21(2)27(32)17-24)38-26-11-10-25-19-34(13-12-23(25)16-26)30(37)39-31(4,5)6/h7-11,16-17,28H,1,12-15,18-20H2,2-6H3/q+1/t28-/m0/s1. The second-order valence-electron chi connectivity index (χ2n) is 11.4. The molecule has 0 fully saturated rings. The zero-order valence-corrected chi connectivity index (χ0v) is 23.6. The Morgan fingerprint density at radius 3 is 2.54 bits per heavy atom. The minimum atomic E-state index is -0.538. The fourth-order valence-corrected chi connectivity index (χ4v) is 4.99. The van der Waals surface area contributed by atoms with Crippen LogP contribution < -0.4 is 4.74 Å². The van der Waals surface area contributed by atoms with Crippen LogP contribution in [0.3, 0.4) is 0 Å².